The Balaban J connectivity index is 1.87. The van der Waals surface area contributed by atoms with E-state index in [1.165, 1.54) is 5.56 Å². The molecule has 0 aliphatic heterocycles. The van der Waals surface area contributed by atoms with Crippen molar-refractivity contribution in [1.82, 2.24) is 4.98 Å². The first kappa shape index (κ1) is 14.6. The molecule has 0 radical (unpaired) electrons. The summed E-state index contributed by atoms with van der Waals surface area (Å²) in [5, 5.41) is 3.17. The quantitative estimate of drug-likeness (QED) is 0.699. The molecular formula is C18H17NO2S. The highest BCUT2D eigenvalue weighted by Crippen LogP contribution is 2.34. The standard InChI is InChI=1S/C18H17NO2S/c1-20-14-8-9-15(17(11-14)21-2)16-12-22-18(19-16)10-13-6-4-3-5-7-13/h3-9,11-12H,10H2,1-2H3. The van der Waals surface area contributed by atoms with E-state index in [0.29, 0.717) is 0 Å². The van der Waals surface area contributed by atoms with Gasteiger partial charge in [-0.3, -0.25) is 0 Å². The number of benzene rings is 2. The molecule has 3 rings (SSSR count). The van der Waals surface area contributed by atoms with Gasteiger partial charge >= 0.3 is 0 Å². The van der Waals surface area contributed by atoms with E-state index in [-0.39, 0.29) is 0 Å². The van der Waals surface area contributed by atoms with Crippen molar-refractivity contribution in [3.8, 4) is 22.8 Å². The van der Waals surface area contributed by atoms with Crippen molar-refractivity contribution >= 4 is 11.3 Å². The van der Waals surface area contributed by atoms with E-state index in [2.05, 4.69) is 29.6 Å². The molecule has 22 heavy (non-hydrogen) atoms. The molecule has 0 atom stereocenters. The monoisotopic (exact) mass is 311 g/mol. The largest absolute Gasteiger partial charge is 0.497 e. The summed E-state index contributed by atoms with van der Waals surface area (Å²) in [7, 11) is 3.31. The number of aromatic nitrogens is 1. The predicted octanol–water partition coefficient (Wildman–Crippen LogP) is 4.42. The smallest absolute Gasteiger partial charge is 0.131 e. The Morgan fingerprint density at radius 1 is 1.00 bits per heavy atom. The summed E-state index contributed by atoms with van der Waals surface area (Å²) in [6.07, 6.45) is 0.851. The second kappa shape index (κ2) is 6.62. The highest BCUT2D eigenvalue weighted by molar-refractivity contribution is 7.10. The third kappa shape index (κ3) is 3.12. The summed E-state index contributed by atoms with van der Waals surface area (Å²) >= 11 is 1.67. The van der Waals surface area contributed by atoms with Crippen LogP contribution in [0.4, 0.5) is 0 Å². The first-order valence-electron chi connectivity index (χ1n) is 7.01. The van der Waals surface area contributed by atoms with E-state index >= 15 is 0 Å². The lowest BCUT2D eigenvalue weighted by molar-refractivity contribution is 0.395. The van der Waals surface area contributed by atoms with Crippen LogP contribution < -0.4 is 9.47 Å². The van der Waals surface area contributed by atoms with Crippen molar-refractivity contribution in [2.75, 3.05) is 14.2 Å². The normalized spacial score (nSPS) is 10.5. The molecule has 3 nitrogen and oxygen atoms in total. The van der Waals surface area contributed by atoms with Crippen molar-refractivity contribution in [3.63, 3.8) is 0 Å². The van der Waals surface area contributed by atoms with E-state index in [0.717, 1.165) is 34.2 Å². The fourth-order valence-electron chi connectivity index (χ4n) is 2.30. The van der Waals surface area contributed by atoms with Crippen molar-refractivity contribution < 1.29 is 9.47 Å². The average molecular weight is 311 g/mol. The second-order valence-electron chi connectivity index (χ2n) is 4.86. The first-order chi connectivity index (χ1) is 10.8. The van der Waals surface area contributed by atoms with Gasteiger partial charge in [-0.2, -0.15) is 0 Å². The van der Waals surface area contributed by atoms with Crippen LogP contribution in [0.15, 0.2) is 53.9 Å². The highest BCUT2D eigenvalue weighted by atomic mass is 32.1. The van der Waals surface area contributed by atoms with Crippen LogP contribution >= 0.6 is 11.3 Å². The van der Waals surface area contributed by atoms with Gasteiger partial charge in [-0.25, -0.2) is 4.98 Å². The van der Waals surface area contributed by atoms with Crippen LogP contribution in [-0.4, -0.2) is 19.2 Å². The Bertz CT molecular complexity index is 753. The van der Waals surface area contributed by atoms with Crippen LogP contribution in [0.3, 0.4) is 0 Å². The minimum absolute atomic E-state index is 0.774. The summed E-state index contributed by atoms with van der Waals surface area (Å²) in [6.45, 7) is 0. The van der Waals surface area contributed by atoms with Gasteiger partial charge in [0.2, 0.25) is 0 Å². The average Bonchev–Trinajstić information content (AvgIpc) is 3.03. The van der Waals surface area contributed by atoms with E-state index < -0.39 is 0 Å². The molecule has 0 amide bonds. The molecule has 2 aromatic carbocycles. The van der Waals surface area contributed by atoms with Crippen LogP contribution in [0.1, 0.15) is 10.6 Å². The Morgan fingerprint density at radius 3 is 2.55 bits per heavy atom. The maximum absolute atomic E-state index is 5.45. The summed E-state index contributed by atoms with van der Waals surface area (Å²) < 4.78 is 10.7. The number of hydrogen-bond donors (Lipinski definition) is 0. The maximum atomic E-state index is 5.45. The molecule has 0 saturated carbocycles. The minimum Gasteiger partial charge on any atom is -0.497 e. The molecular weight excluding hydrogens is 294 g/mol. The lowest BCUT2D eigenvalue weighted by atomic mass is 10.1. The third-order valence-electron chi connectivity index (χ3n) is 3.43. The number of thiazole rings is 1. The molecule has 0 spiro atoms. The molecule has 0 fully saturated rings. The van der Waals surface area contributed by atoms with Gasteiger partial charge in [0.05, 0.1) is 24.9 Å². The second-order valence-corrected chi connectivity index (χ2v) is 5.80. The molecule has 1 aromatic heterocycles. The number of methoxy groups -OCH3 is 2. The third-order valence-corrected chi connectivity index (χ3v) is 4.28. The van der Waals surface area contributed by atoms with Gasteiger partial charge in [0.25, 0.3) is 0 Å². The number of nitrogens with zero attached hydrogens (tertiary/aromatic N) is 1. The first-order valence-corrected chi connectivity index (χ1v) is 7.89. The van der Waals surface area contributed by atoms with Crippen molar-refractivity contribution in [2.24, 2.45) is 0 Å². The molecule has 3 aromatic rings. The molecule has 0 aliphatic rings. The number of hydrogen-bond acceptors (Lipinski definition) is 4. The van der Waals surface area contributed by atoms with Crippen molar-refractivity contribution in [3.05, 3.63) is 64.5 Å². The molecule has 0 aliphatic carbocycles. The Hall–Kier alpha value is -2.33. The van der Waals surface area contributed by atoms with E-state index in [9.17, 15) is 0 Å². The van der Waals surface area contributed by atoms with Gasteiger partial charge < -0.3 is 9.47 Å². The zero-order valence-corrected chi connectivity index (χ0v) is 13.4. The molecule has 0 N–H and O–H groups in total. The van der Waals surface area contributed by atoms with Crippen LogP contribution in [0, 0.1) is 0 Å². The molecule has 112 valence electrons. The minimum atomic E-state index is 0.774. The lowest BCUT2D eigenvalue weighted by Gasteiger charge is -2.08. The molecule has 4 heteroatoms. The Morgan fingerprint density at radius 2 is 1.82 bits per heavy atom. The topological polar surface area (TPSA) is 31.4 Å². The van der Waals surface area contributed by atoms with Crippen molar-refractivity contribution in [2.45, 2.75) is 6.42 Å². The summed E-state index contributed by atoms with van der Waals surface area (Å²) in [5.41, 5.74) is 3.19. The van der Waals surface area contributed by atoms with Gasteiger partial charge in [0, 0.05) is 23.4 Å². The zero-order valence-electron chi connectivity index (χ0n) is 12.6. The van der Waals surface area contributed by atoms with E-state index in [1.807, 2.05) is 24.3 Å². The van der Waals surface area contributed by atoms with Crippen LogP contribution in [0.25, 0.3) is 11.3 Å². The fourth-order valence-corrected chi connectivity index (χ4v) is 3.12. The SMILES string of the molecule is COc1ccc(-c2csc(Cc3ccccc3)n2)c(OC)c1. The van der Waals surface area contributed by atoms with Gasteiger partial charge in [0.15, 0.2) is 0 Å². The van der Waals surface area contributed by atoms with Gasteiger partial charge in [-0.15, -0.1) is 11.3 Å². The summed E-state index contributed by atoms with van der Waals surface area (Å²) in [5.74, 6) is 1.55. The maximum Gasteiger partial charge on any atom is 0.131 e. The predicted molar refractivity (Wildman–Crippen MR) is 89.9 cm³/mol. The van der Waals surface area contributed by atoms with Gasteiger partial charge in [-0.05, 0) is 17.7 Å². The van der Waals surface area contributed by atoms with Crippen molar-refractivity contribution in [1.29, 1.82) is 0 Å². The molecule has 0 unspecified atom stereocenters. The molecule has 0 bridgehead atoms. The zero-order chi connectivity index (χ0) is 15.4. The van der Waals surface area contributed by atoms with Gasteiger partial charge in [0.1, 0.15) is 11.5 Å². The lowest BCUT2D eigenvalue weighted by Crippen LogP contribution is -1.91. The molecule has 1 heterocycles. The Labute approximate surface area is 134 Å². The van der Waals surface area contributed by atoms with E-state index in [1.54, 1.807) is 25.6 Å². The fraction of sp³-hybridized carbons (Fsp3) is 0.167. The van der Waals surface area contributed by atoms with E-state index in [4.69, 9.17) is 14.5 Å². The summed E-state index contributed by atoms with van der Waals surface area (Å²) in [6, 6.07) is 16.2. The Kier molecular flexibility index (Phi) is 4.39. The van der Waals surface area contributed by atoms with Crippen LogP contribution in [0.5, 0.6) is 11.5 Å². The van der Waals surface area contributed by atoms with Crippen LogP contribution in [-0.2, 0) is 6.42 Å². The molecule has 0 saturated heterocycles. The number of ether oxygens (including phenoxy) is 2. The van der Waals surface area contributed by atoms with Gasteiger partial charge in [-0.1, -0.05) is 30.3 Å². The number of rotatable bonds is 5. The van der Waals surface area contributed by atoms with Crippen LogP contribution in [0.2, 0.25) is 0 Å². The highest BCUT2D eigenvalue weighted by Gasteiger charge is 2.11. The summed E-state index contributed by atoms with van der Waals surface area (Å²) in [4.78, 5) is 4.74.